The first kappa shape index (κ1) is 38.8. The molecule has 0 amide bonds. The van der Waals surface area contributed by atoms with Crippen LogP contribution in [0.2, 0.25) is 0 Å². The fourth-order valence-electron chi connectivity index (χ4n) is 2.54. The molecule has 9 heteroatoms. The van der Waals surface area contributed by atoms with Crippen molar-refractivity contribution in [2.24, 2.45) is 0 Å². The average Bonchev–Trinajstić information content (AvgIpc) is 2.40. The Bertz CT molecular complexity index is 188. The summed E-state index contributed by atoms with van der Waals surface area (Å²) in [5.41, 5.74) is -0.266. The minimum Gasteiger partial charge on any atom is -0.412 e. The number of unbranched alkanes of at least 4 members (excludes halogenated alkanes) is 2. The predicted molar refractivity (Wildman–Crippen MR) is 89.1 cm³/mol. The molecule has 0 heterocycles. The molecule has 0 aliphatic heterocycles. The summed E-state index contributed by atoms with van der Waals surface area (Å²) in [5.74, 6) is 0. The monoisotopic (exact) mass is 381 g/mol. The predicted octanol–water partition coefficient (Wildman–Crippen LogP) is -1.92. The zero-order chi connectivity index (χ0) is 13.9. The third-order valence-corrected chi connectivity index (χ3v) is 3.70. The summed E-state index contributed by atoms with van der Waals surface area (Å²) >= 11 is 0. The number of hydrogen-bond acceptors (Lipinski definition) is 4. The third-order valence-electron chi connectivity index (χ3n) is 3.70. The zero-order valence-electron chi connectivity index (χ0n) is 14.6. The van der Waals surface area contributed by atoms with E-state index in [0.29, 0.717) is 13.1 Å². The molecule has 0 radical (unpaired) electrons. The van der Waals surface area contributed by atoms with Gasteiger partial charge in [-0.15, -0.1) is 0 Å². The molecule has 146 valence electrons. The maximum atomic E-state index is 9.85. The fraction of sp³-hybridized carbons (Fsp3) is 1.00. The first-order chi connectivity index (χ1) is 8.70. The molecule has 0 saturated heterocycles. The van der Waals surface area contributed by atoms with Crippen molar-refractivity contribution < 1.29 is 58.9 Å². The molecule has 0 saturated carbocycles. The van der Waals surface area contributed by atoms with E-state index in [9.17, 15) is 5.11 Å². The largest absolute Gasteiger partial charge is 0.412 e. The van der Waals surface area contributed by atoms with Gasteiger partial charge in [-0.25, -0.2) is 0 Å². The van der Waals surface area contributed by atoms with Crippen LogP contribution in [0, 0.1) is 0 Å². The Labute approximate surface area is 155 Å². The van der Waals surface area contributed by atoms with Crippen molar-refractivity contribution in [3.63, 3.8) is 0 Å². The van der Waals surface area contributed by atoms with Crippen molar-refractivity contribution in [1.29, 1.82) is 0 Å². The van der Waals surface area contributed by atoms with E-state index in [1.165, 1.54) is 0 Å². The maximum Gasteiger partial charge on any atom is 0.0615 e. The van der Waals surface area contributed by atoms with Gasteiger partial charge >= 0.3 is 0 Å². The minimum atomic E-state index is -0.266. The summed E-state index contributed by atoms with van der Waals surface area (Å²) in [6.07, 6.45) is 6.19. The third kappa shape index (κ3) is 14.4. The number of rotatable bonds is 12. The van der Waals surface area contributed by atoms with Crippen LogP contribution in [-0.2, 0) is 21.7 Å². The van der Waals surface area contributed by atoms with Gasteiger partial charge in [0.25, 0.3) is 0 Å². The van der Waals surface area contributed by atoms with Gasteiger partial charge < -0.3 is 37.2 Å². The van der Waals surface area contributed by atoms with E-state index in [0.717, 1.165) is 38.5 Å². The molecule has 0 unspecified atom stereocenters. The SMILES string of the molecule is CCCCC(CO)(CCCC)N(CCO)CCO.O.O.O.O.[Ti]. The molecule has 0 spiro atoms. The van der Waals surface area contributed by atoms with Crippen molar-refractivity contribution in [2.75, 3.05) is 32.9 Å². The van der Waals surface area contributed by atoms with Gasteiger partial charge in [0.2, 0.25) is 0 Å². The van der Waals surface area contributed by atoms with Crippen LogP contribution in [0.3, 0.4) is 0 Å². The molecule has 8 nitrogen and oxygen atoms in total. The van der Waals surface area contributed by atoms with Crippen LogP contribution in [0.15, 0.2) is 0 Å². The Morgan fingerprint density at radius 1 is 0.739 bits per heavy atom. The Kier molecular flexibility index (Phi) is 41.5. The van der Waals surface area contributed by atoms with E-state index >= 15 is 0 Å². The van der Waals surface area contributed by atoms with E-state index in [2.05, 4.69) is 18.7 Å². The van der Waals surface area contributed by atoms with Gasteiger partial charge in [-0.2, -0.15) is 0 Å². The molecule has 0 aromatic rings. The normalized spacial score (nSPS) is 9.65. The minimum absolute atomic E-state index is 0. The molecule has 0 aromatic heterocycles. The quantitative estimate of drug-likeness (QED) is 0.332. The molecular weight excluding hydrogens is 342 g/mol. The average molecular weight is 381 g/mol. The molecule has 0 aliphatic rings. The van der Waals surface area contributed by atoms with Crippen LogP contribution in [0.4, 0.5) is 0 Å². The first-order valence-electron chi connectivity index (χ1n) is 7.28. The second kappa shape index (κ2) is 24.6. The van der Waals surface area contributed by atoms with Crippen LogP contribution in [-0.4, -0.2) is 80.6 Å². The Hall–Kier alpha value is 0.394. The molecular formula is C14H39NO7Ti. The van der Waals surface area contributed by atoms with Gasteiger partial charge in [0.1, 0.15) is 0 Å². The van der Waals surface area contributed by atoms with Crippen molar-refractivity contribution in [3.05, 3.63) is 0 Å². The number of hydrogen-bond donors (Lipinski definition) is 3. The molecule has 0 bridgehead atoms. The second-order valence-electron chi connectivity index (χ2n) is 5.02. The summed E-state index contributed by atoms with van der Waals surface area (Å²) < 4.78 is 0. The molecule has 0 rings (SSSR count). The molecule has 11 N–H and O–H groups in total. The van der Waals surface area contributed by atoms with Crippen molar-refractivity contribution >= 4 is 0 Å². The molecule has 0 fully saturated rings. The van der Waals surface area contributed by atoms with Crippen molar-refractivity contribution in [1.82, 2.24) is 4.90 Å². The Morgan fingerprint density at radius 2 is 1.09 bits per heavy atom. The molecule has 0 aromatic carbocycles. The number of β-amino-alcohol motifs (C(OH)–C–C–N with tert-alkyl or cyclic N) is 2. The van der Waals surface area contributed by atoms with Gasteiger partial charge in [-0.3, -0.25) is 4.90 Å². The summed E-state index contributed by atoms with van der Waals surface area (Å²) in [7, 11) is 0. The Morgan fingerprint density at radius 3 is 1.30 bits per heavy atom. The summed E-state index contributed by atoms with van der Waals surface area (Å²) in [5, 5.41) is 28.2. The summed E-state index contributed by atoms with van der Waals surface area (Å²) in [4.78, 5) is 2.07. The molecule has 23 heavy (non-hydrogen) atoms. The number of nitrogens with zero attached hydrogens (tertiary/aromatic N) is 1. The maximum absolute atomic E-state index is 9.85. The van der Waals surface area contributed by atoms with Crippen LogP contribution >= 0.6 is 0 Å². The first-order valence-corrected chi connectivity index (χ1v) is 7.28. The number of aliphatic hydroxyl groups excluding tert-OH is 3. The fourth-order valence-corrected chi connectivity index (χ4v) is 2.54. The zero-order valence-corrected chi connectivity index (χ0v) is 16.1. The van der Waals surface area contributed by atoms with E-state index in [-0.39, 0.29) is 69.0 Å². The smallest absolute Gasteiger partial charge is 0.0615 e. The van der Waals surface area contributed by atoms with Gasteiger partial charge in [0, 0.05) is 40.3 Å². The number of aliphatic hydroxyl groups is 3. The van der Waals surface area contributed by atoms with Gasteiger partial charge in [0.15, 0.2) is 0 Å². The van der Waals surface area contributed by atoms with E-state index < -0.39 is 0 Å². The van der Waals surface area contributed by atoms with E-state index in [1.807, 2.05) is 0 Å². The summed E-state index contributed by atoms with van der Waals surface area (Å²) in [6.45, 7) is 5.57. The van der Waals surface area contributed by atoms with E-state index in [1.54, 1.807) is 0 Å². The standard InChI is InChI=1S/C14H31NO3.4H2O.Ti/c1-3-5-7-14(13-18,8-6-4-2)15(9-11-16)10-12-17;;;;;/h16-18H,3-13H2,1-2H3;4*1H2;. The van der Waals surface area contributed by atoms with Gasteiger partial charge in [0.05, 0.1) is 19.8 Å². The van der Waals surface area contributed by atoms with E-state index in [4.69, 9.17) is 10.2 Å². The summed E-state index contributed by atoms with van der Waals surface area (Å²) in [6, 6.07) is 0. The van der Waals surface area contributed by atoms with Crippen molar-refractivity contribution in [2.45, 2.75) is 57.9 Å². The second-order valence-corrected chi connectivity index (χ2v) is 5.02. The van der Waals surface area contributed by atoms with Gasteiger partial charge in [-0.1, -0.05) is 39.5 Å². The van der Waals surface area contributed by atoms with Crippen LogP contribution in [0.1, 0.15) is 52.4 Å². The van der Waals surface area contributed by atoms with Crippen LogP contribution < -0.4 is 0 Å². The van der Waals surface area contributed by atoms with Crippen LogP contribution in [0.25, 0.3) is 0 Å². The molecule has 0 atom stereocenters. The van der Waals surface area contributed by atoms with Gasteiger partial charge in [-0.05, 0) is 12.8 Å². The van der Waals surface area contributed by atoms with Crippen LogP contribution in [0.5, 0.6) is 0 Å². The van der Waals surface area contributed by atoms with Crippen molar-refractivity contribution in [3.8, 4) is 0 Å². The Balaban J connectivity index is -0.000000144. The topological polar surface area (TPSA) is 190 Å². The molecule has 0 aliphatic carbocycles.